The highest BCUT2D eigenvalue weighted by molar-refractivity contribution is 7.71. The van der Waals surface area contributed by atoms with Gasteiger partial charge >= 0.3 is 5.69 Å². The fourth-order valence-electron chi connectivity index (χ4n) is 1.89. The highest BCUT2D eigenvalue weighted by Crippen LogP contribution is 2.38. The van der Waals surface area contributed by atoms with Gasteiger partial charge in [0.2, 0.25) is 10.5 Å². The Balaban J connectivity index is 2.38. The van der Waals surface area contributed by atoms with Crippen LogP contribution >= 0.6 is 12.2 Å². The van der Waals surface area contributed by atoms with Gasteiger partial charge in [0.1, 0.15) is 6.33 Å². The number of nitro benzene ring substituents is 1. The Labute approximate surface area is 143 Å². The average Bonchev–Trinajstić information content (AvgIpc) is 2.98. The van der Waals surface area contributed by atoms with Gasteiger partial charge in [-0.05, 0) is 24.7 Å². The van der Waals surface area contributed by atoms with E-state index in [4.69, 9.17) is 21.7 Å². The van der Waals surface area contributed by atoms with Gasteiger partial charge in [-0.3, -0.25) is 15.2 Å². The van der Waals surface area contributed by atoms with Crippen molar-refractivity contribution >= 4 is 24.1 Å². The highest BCUT2D eigenvalue weighted by atomic mass is 32.1. The van der Waals surface area contributed by atoms with Crippen LogP contribution in [0.15, 0.2) is 23.6 Å². The van der Waals surface area contributed by atoms with Crippen LogP contribution in [0, 0.1) is 14.9 Å². The third-order valence-electron chi connectivity index (χ3n) is 3.09. The molecule has 0 aliphatic rings. The van der Waals surface area contributed by atoms with Crippen LogP contribution in [0.25, 0.3) is 0 Å². The zero-order valence-corrected chi connectivity index (χ0v) is 14.1. The van der Waals surface area contributed by atoms with E-state index in [0.717, 1.165) is 12.8 Å². The largest absolute Gasteiger partial charge is 0.493 e. The Morgan fingerprint density at radius 1 is 1.54 bits per heavy atom. The smallest absolute Gasteiger partial charge is 0.315 e. The number of aromatic nitrogens is 3. The third-order valence-corrected chi connectivity index (χ3v) is 3.36. The molecule has 9 nitrogen and oxygen atoms in total. The van der Waals surface area contributed by atoms with E-state index < -0.39 is 4.92 Å². The van der Waals surface area contributed by atoms with E-state index in [1.165, 1.54) is 30.4 Å². The van der Waals surface area contributed by atoms with Crippen molar-refractivity contribution in [3.8, 4) is 11.5 Å². The summed E-state index contributed by atoms with van der Waals surface area (Å²) in [5.41, 5.74) is 0.298. The second-order valence-corrected chi connectivity index (χ2v) is 5.17. The first-order chi connectivity index (χ1) is 11.6. The summed E-state index contributed by atoms with van der Waals surface area (Å²) in [7, 11) is 1.43. The van der Waals surface area contributed by atoms with Crippen LogP contribution in [0.2, 0.25) is 0 Å². The predicted molar refractivity (Wildman–Crippen MR) is 90.5 cm³/mol. The van der Waals surface area contributed by atoms with Crippen LogP contribution in [0.3, 0.4) is 0 Å². The number of nitrogens with zero attached hydrogens (tertiary/aromatic N) is 4. The number of unbranched alkanes of at least 4 members (excludes halogenated alkanes) is 1. The summed E-state index contributed by atoms with van der Waals surface area (Å²) < 4.78 is 12.4. The van der Waals surface area contributed by atoms with Gasteiger partial charge in [0.05, 0.1) is 24.9 Å². The zero-order valence-electron chi connectivity index (χ0n) is 13.3. The van der Waals surface area contributed by atoms with Crippen molar-refractivity contribution in [2.75, 3.05) is 13.7 Å². The molecule has 10 heteroatoms. The second kappa shape index (κ2) is 8.20. The first kappa shape index (κ1) is 17.6. The van der Waals surface area contributed by atoms with E-state index in [0.29, 0.717) is 16.9 Å². The summed E-state index contributed by atoms with van der Waals surface area (Å²) >= 11 is 4.97. The first-order valence-corrected chi connectivity index (χ1v) is 7.63. The van der Waals surface area contributed by atoms with E-state index in [1.54, 1.807) is 6.07 Å². The van der Waals surface area contributed by atoms with Gasteiger partial charge in [-0.15, -0.1) is 0 Å². The Hall–Kier alpha value is -2.75. The quantitative estimate of drug-likeness (QED) is 0.258. The molecule has 2 aromatic rings. The van der Waals surface area contributed by atoms with Gasteiger partial charge in [-0.2, -0.15) is 14.9 Å². The number of aromatic amines is 1. The van der Waals surface area contributed by atoms with Crippen LogP contribution in [-0.2, 0) is 0 Å². The Morgan fingerprint density at radius 3 is 2.92 bits per heavy atom. The number of rotatable bonds is 8. The molecular formula is C14H17N5O4S. The molecule has 2 rings (SSSR count). The van der Waals surface area contributed by atoms with Gasteiger partial charge in [0.15, 0.2) is 5.75 Å². The molecule has 1 heterocycles. The van der Waals surface area contributed by atoms with Crippen molar-refractivity contribution < 1.29 is 14.4 Å². The number of nitrogens with one attached hydrogen (secondary N) is 1. The predicted octanol–water partition coefficient (Wildman–Crippen LogP) is 2.92. The highest BCUT2D eigenvalue weighted by Gasteiger charge is 2.22. The summed E-state index contributed by atoms with van der Waals surface area (Å²) in [6, 6.07) is 2.98. The van der Waals surface area contributed by atoms with Crippen LogP contribution in [-0.4, -0.2) is 39.7 Å². The van der Waals surface area contributed by atoms with Crippen molar-refractivity contribution in [3.05, 3.63) is 38.9 Å². The second-order valence-electron chi connectivity index (χ2n) is 4.78. The summed E-state index contributed by atoms with van der Waals surface area (Å²) in [5.74, 6) is 0.394. The molecule has 1 N–H and O–H groups in total. The molecule has 0 spiro atoms. The van der Waals surface area contributed by atoms with Crippen molar-refractivity contribution in [2.45, 2.75) is 19.8 Å². The average molecular weight is 351 g/mol. The van der Waals surface area contributed by atoms with E-state index in [2.05, 4.69) is 15.3 Å². The van der Waals surface area contributed by atoms with Gasteiger partial charge < -0.3 is 9.47 Å². The lowest BCUT2D eigenvalue weighted by atomic mass is 10.2. The van der Waals surface area contributed by atoms with Crippen LogP contribution in [0.1, 0.15) is 25.3 Å². The lowest BCUT2D eigenvalue weighted by Crippen LogP contribution is -2.03. The lowest BCUT2D eigenvalue weighted by Gasteiger charge is -2.11. The molecule has 0 saturated heterocycles. The summed E-state index contributed by atoms with van der Waals surface area (Å²) in [6.45, 7) is 2.39. The maximum atomic E-state index is 11.4. The normalized spacial score (nSPS) is 10.9. The van der Waals surface area contributed by atoms with E-state index in [9.17, 15) is 10.1 Å². The number of ether oxygens (including phenoxy) is 2. The van der Waals surface area contributed by atoms with Gasteiger partial charge in [0.25, 0.3) is 0 Å². The number of hydrogen-bond donors (Lipinski definition) is 1. The van der Waals surface area contributed by atoms with E-state index in [-0.39, 0.29) is 17.2 Å². The minimum Gasteiger partial charge on any atom is -0.493 e. The SMILES string of the molecule is CCCCOc1c(OC)cc(/C=N\n2cn[nH]c2=S)cc1[N+](=O)[O-]. The molecule has 0 saturated carbocycles. The van der Waals surface area contributed by atoms with Crippen molar-refractivity contribution in [1.82, 2.24) is 14.9 Å². The molecule has 1 aromatic heterocycles. The first-order valence-electron chi connectivity index (χ1n) is 7.22. The fraction of sp³-hybridized carbons (Fsp3) is 0.357. The molecule has 0 aliphatic carbocycles. The monoisotopic (exact) mass is 351 g/mol. The van der Waals surface area contributed by atoms with Crippen LogP contribution in [0.5, 0.6) is 11.5 Å². The maximum absolute atomic E-state index is 11.4. The topological polar surface area (TPSA) is 108 Å². The molecule has 0 aliphatic heterocycles. The molecule has 0 bridgehead atoms. The fourth-order valence-corrected chi connectivity index (χ4v) is 2.03. The maximum Gasteiger partial charge on any atom is 0.315 e. The summed E-state index contributed by atoms with van der Waals surface area (Å²) in [4.78, 5) is 10.8. The minimum atomic E-state index is -0.509. The van der Waals surface area contributed by atoms with Crippen molar-refractivity contribution in [3.63, 3.8) is 0 Å². The molecule has 24 heavy (non-hydrogen) atoms. The van der Waals surface area contributed by atoms with E-state index in [1.807, 2.05) is 6.92 Å². The molecule has 0 radical (unpaired) electrons. The number of H-pyrrole nitrogens is 1. The molecule has 0 unspecified atom stereocenters. The Morgan fingerprint density at radius 2 is 2.33 bits per heavy atom. The molecule has 0 amide bonds. The van der Waals surface area contributed by atoms with Crippen LogP contribution in [0.4, 0.5) is 5.69 Å². The van der Waals surface area contributed by atoms with Gasteiger partial charge in [-0.1, -0.05) is 13.3 Å². The minimum absolute atomic E-state index is 0.119. The summed E-state index contributed by atoms with van der Waals surface area (Å²) in [6.07, 6.45) is 4.54. The molecule has 0 fully saturated rings. The number of methoxy groups -OCH3 is 1. The van der Waals surface area contributed by atoms with Crippen molar-refractivity contribution in [1.29, 1.82) is 0 Å². The lowest BCUT2D eigenvalue weighted by molar-refractivity contribution is -0.386. The number of benzene rings is 1. The summed E-state index contributed by atoms with van der Waals surface area (Å²) in [5, 5.41) is 21.7. The molecule has 128 valence electrons. The molecule has 0 atom stereocenters. The van der Waals surface area contributed by atoms with Gasteiger partial charge in [-0.25, -0.2) is 0 Å². The third kappa shape index (κ3) is 4.16. The number of hydrogen-bond acceptors (Lipinski definition) is 7. The molecular weight excluding hydrogens is 334 g/mol. The van der Waals surface area contributed by atoms with Crippen molar-refractivity contribution in [2.24, 2.45) is 5.10 Å². The van der Waals surface area contributed by atoms with Gasteiger partial charge in [0, 0.05) is 11.6 Å². The Kier molecular flexibility index (Phi) is 6.01. The number of nitro groups is 1. The Bertz CT molecular complexity index is 799. The zero-order chi connectivity index (χ0) is 17.5. The van der Waals surface area contributed by atoms with E-state index >= 15 is 0 Å². The van der Waals surface area contributed by atoms with Crippen LogP contribution < -0.4 is 9.47 Å². The standard InChI is InChI=1S/C14H17N5O4S/c1-3-4-5-23-13-11(19(20)21)6-10(7-12(13)22-2)8-16-18-9-15-17-14(18)24/h6-9H,3-5H2,1-2H3,(H,17,24)/b16-8-. The molecule has 1 aromatic carbocycles.